The Morgan fingerprint density at radius 3 is 2.09 bits per heavy atom. The zero-order chi connectivity index (χ0) is 9.02. The second kappa shape index (κ2) is 4.22. The quantitative estimate of drug-likeness (QED) is 0.394. The molecule has 0 rings (SSSR count). The van der Waals surface area contributed by atoms with Crippen LogP contribution < -0.4 is 0 Å². The fourth-order valence-electron chi connectivity index (χ4n) is 0.448. The molecule has 0 aliphatic heterocycles. The zero-order valence-corrected chi connectivity index (χ0v) is 5.51. The van der Waals surface area contributed by atoms with Crippen LogP contribution in [0.15, 0.2) is 0 Å². The van der Waals surface area contributed by atoms with Crippen LogP contribution in [0.1, 0.15) is 0 Å². The zero-order valence-electron chi connectivity index (χ0n) is 5.51. The van der Waals surface area contributed by atoms with E-state index in [0.717, 1.165) is 0 Å². The second-order valence-electron chi connectivity index (χ2n) is 2.00. The van der Waals surface area contributed by atoms with E-state index in [1.807, 2.05) is 0 Å². The maximum absolute atomic E-state index is 11.5. The first-order valence-electron chi connectivity index (χ1n) is 2.83. The summed E-state index contributed by atoms with van der Waals surface area (Å²) in [6.07, 6.45) is -6.00. The molecule has 5 nitrogen and oxygen atoms in total. The van der Waals surface area contributed by atoms with E-state index in [9.17, 15) is 9.18 Å². The van der Waals surface area contributed by atoms with Gasteiger partial charge in [-0.15, -0.1) is 0 Å². The molecule has 6 heteroatoms. The van der Waals surface area contributed by atoms with Crippen molar-refractivity contribution in [3.05, 3.63) is 0 Å². The van der Waals surface area contributed by atoms with Crippen molar-refractivity contribution in [1.29, 1.82) is 0 Å². The summed E-state index contributed by atoms with van der Waals surface area (Å²) in [4.78, 5) is 9.92. The number of aliphatic hydroxyl groups excluding tert-OH is 3. The number of aliphatic hydroxyl groups is 3. The van der Waals surface area contributed by atoms with Gasteiger partial charge in [-0.2, -0.15) is 0 Å². The van der Waals surface area contributed by atoms with Crippen molar-refractivity contribution in [2.45, 2.75) is 18.3 Å². The minimum absolute atomic E-state index is 1.30. The van der Waals surface area contributed by atoms with Crippen LogP contribution in [-0.4, -0.2) is 51.4 Å². The van der Waals surface area contributed by atoms with Gasteiger partial charge in [-0.1, -0.05) is 0 Å². The number of hydrogen-bond donors (Lipinski definition) is 4. The van der Waals surface area contributed by atoms with Crippen molar-refractivity contribution >= 4 is 5.97 Å². The van der Waals surface area contributed by atoms with Gasteiger partial charge in [-0.3, -0.25) is 0 Å². The SMILES string of the molecule is O=C(O)[C@H](O)[C@H](O)[C@H](O)CF. The van der Waals surface area contributed by atoms with Crippen molar-refractivity contribution in [3.8, 4) is 0 Å². The summed E-state index contributed by atoms with van der Waals surface area (Å²) < 4.78 is 11.5. The van der Waals surface area contributed by atoms with E-state index >= 15 is 0 Å². The number of halogens is 1. The lowest BCUT2D eigenvalue weighted by Gasteiger charge is -2.16. The van der Waals surface area contributed by atoms with E-state index in [1.165, 1.54) is 0 Å². The Hall–Kier alpha value is -0.720. The third-order valence-corrected chi connectivity index (χ3v) is 1.13. The lowest BCUT2D eigenvalue weighted by atomic mass is 10.1. The maximum atomic E-state index is 11.5. The van der Waals surface area contributed by atoms with E-state index in [4.69, 9.17) is 20.4 Å². The normalized spacial score (nSPS) is 18.9. The topological polar surface area (TPSA) is 98.0 Å². The lowest BCUT2D eigenvalue weighted by molar-refractivity contribution is -0.158. The molecule has 0 spiro atoms. The molecule has 4 N–H and O–H groups in total. The van der Waals surface area contributed by atoms with Crippen molar-refractivity contribution in [1.82, 2.24) is 0 Å². The molecule has 0 fully saturated rings. The third-order valence-electron chi connectivity index (χ3n) is 1.13. The monoisotopic (exact) mass is 168 g/mol. The summed E-state index contributed by atoms with van der Waals surface area (Å²) in [5, 5.41) is 33.7. The molecule has 0 aromatic rings. The lowest BCUT2D eigenvalue weighted by Crippen LogP contribution is -2.43. The van der Waals surface area contributed by atoms with Gasteiger partial charge >= 0.3 is 5.97 Å². The standard InChI is InChI=1S/C5H9FO5/c6-1-2(7)3(8)4(9)5(10)11/h2-4,7-9H,1H2,(H,10,11)/t2-,3-,4-/m1/s1. The number of carbonyl (C=O) groups is 1. The van der Waals surface area contributed by atoms with Gasteiger partial charge in [-0.25, -0.2) is 9.18 Å². The molecule has 0 heterocycles. The van der Waals surface area contributed by atoms with Gasteiger partial charge in [0.2, 0.25) is 0 Å². The molecule has 0 aliphatic rings. The summed E-state index contributed by atoms with van der Waals surface area (Å²) in [6, 6.07) is 0. The van der Waals surface area contributed by atoms with Crippen LogP contribution in [-0.2, 0) is 4.79 Å². The molecule has 66 valence electrons. The second-order valence-corrected chi connectivity index (χ2v) is 2.00. The molecule has 0 aliphatic carbocycles. The Bertz CT molecular complexity index is 139. The Balaban J connectivity index is 4.00. The minimum Gasteiger partial charge on any atom is -0.479 e. The number of carboxylic acids is 1. The Kier molecular flexibility index (Phi) is 3.94. The average molecular weight is 168 g/mol. The van der Waals surface area contributed by atoms with Gasteiger partial charge in [-0.05, 0) is 0 Å². The molecule has 0 saturated heterocycles. The van der Waals surface area contributed by atoms with Crippen molar-refractivity contribution in [2.75, 3.05) is 6.67 Å². The highest BCUT2D eigenvalue weighted by Gasteiger charge is 2.29. The number of aliphatic carboxylic acids is 1. The summed E-state index contributed by atoms with van der Waals surface area (Å²) in [6.45, 7) is -1.30. The summed E-state index contributed by atoms with van der Waals surface area (Å²) in [5.74, 6) is -1.70. The first kappa shape index (κ1) is 10.3. The van der Waals surface area contributed by atoms with Gasteiger partial charge in [0.1, 0.15) is 18.9 Å². The van der Waals surface area contributed by atoms with Crippen molar-refractivity contribution in [2.24, 2.45) is 0 Å². The molecular formula is C5H9FO5. The highest BCUT2D eigenvalue weighted by atomic mass is 19.1. The molecule has 0 amide bonds. The fourth-order valence-corrected chi connectivity index (χ4v) is 0.448. The largest absolute Gasteiger partial charge is 0.479 e. The van der Waals surface area contributed by atoms with E-state index in [1.54, 1.807) is 0 Å². The van der Waals surface area contributed by atoms with E-state index in [2.05, 4.69) is 0 Å². The van der Waals surface area contributed by atoms with Crippen LogP contribution in [0.5, 0.6) is 0 Å². The predicted molar refractivity (Wildman–Crippen MR) is 31.6 cm³/mol. The number of alkyl halides is 1. The van der Waals surface area contributed by atoms with Crippen molar-refractivity contribution in [3.63, 3.8) is 0 Å². The Labute approximate surface area is 61.7 Å². The number of carboxylic acid groups (broad SMARTS) is 1. The summed E-state index contributed by atoms with van der Waals surface area (Å²) in [5.41, 5.74) is 0. The van der Waals surface area contributed by atoms with Crippen LogP contribution in [0.4, 0.5) is 4.39 Å². The molecule has 0 aromatic heterocycles. The van der Waals surface area contributed by atoms with Crippen LogP contribution in [0.3, 0.4) is 0 Å². The van der Waals surface area contributed by atoms with Gasteiger partial charge in [0.25, 0.3) is 0 Å². The average Bonchev–Trinajstić information content (AvgIpc) is 2.00. The van der Waals surface area contributed by atoms with E-state index < -0.39 is 31.0 Å². The number of rotatable bonds is 4. The number of hydrogen-bond acceptors (Lipinski definition) is 4. The van der Waals surface area contributed by atoms with Gasteiger partial charge in [0, 0.05) is 0 Å². The smallest absolute Gasteiger partial charge is 0.335 e. The van der Waals surface area contributed by atoms with Crippen LogP contribution >= 0.6 is 0 Å². The Morgan fingerprint density at radius 1 is 1.36 bits per heavy atom. The third kappa shape index (κ3) is 2.79. The highest BCUT2D eigenvalue weighted by Crippen LogP contribution is 2.00. The molecule has 0 aromatic carbocycles. The molecule has 0 bridgehead atoms. The fraction of sp³-hybridized carbons (Fsp3) is 0.800. The Morgan fingerprint density at radius 2 is 1.82 bits per heavy atom. The minimum atomic E-state index is -2.15. The summed E-state index contributed by atoms with van der Waals surface area (Å²) in [7, 11) is 0. The van der Waals surface area contributed by atoms with E-state index in [-0.39, 0.29) is 0 Å². The molecule has 11 heavy (non-hydrogen) atoms. The molecule has 0 unspecified atom stereocenters. The van der Waals surface area contributed by atoms with E-state index in [0.29, 0.717) is 0 Å². The molecule has 0 saturated carbocycles. The van der Waals surface area contributed by atoms with Gasteiger partial charge in [0.15, 0.2) is 6.10 Å². The van der Waals surface area contributed by atoms with Gasteiger partial charge in [0.05, 0.1) is 0 Å². The van der Waals surface area contributed by atoms with Gasteiger partial charge < -0.3 is 20.4 Å². The molecular weight excluding hydrogens is 159 g/mol. The van der Waals surface area contributed by atoms with Crippen molar-refractivity contribution < 1.29 is 29.6 Å². The first-order chi connectivity index (χ1) is 5.00. The summed E-state index contributed by atoms with van der Waals surface area (Å²) >= 11 is 0. The first-order valence-corrected chi connectivity index (χ1v) is 2.83. The molecule has 3 atom stereocenters. The van der Waals surface area contributed by atoms with Crippen LogP contribution in [0.2, 0.25) is 0 Å². The molecule has 0 radical (unpaired) electrons. The predicted octanol–water partition coefficient (Wildman–Crippen LogP) is -1.88. The van der Waals surface area contributed by atoms with Crippen LogP contribution in [0, 0.1) is 0 Å². The maximum Gasteiger partial charge on any atom is 0.335 e. The van der Waals surface area contributed by atoms with Crippen LogP contribution in [0.25, 0.3) is 0 Å². The highest BCUT2D eigenvalue weighted by molar-refractivity contribution is 5.72.